The van der Waals surface area contributed by atoms with E-state index in [1.165, 1.54) is 58.0 Å². The van der Waals surface area contributed by atoms with Crippen LogP contribution in [0.2, 0.25) is 0 Å². The molecule has 1 fully saturated rings. The number of terminal acetylenes is 1. The van der Waals surface area contributed by atoms with E-state index in [4.69, 9.17) is 6.42 Å². The van der Waals surface area contributed by atoms with Crippen LogP contribution in [-0.4, -0.2) is 30.3 Å². The molecule has 2 aromatic carbocycles. The first-order valence-electron chi connectivity index (χ1n) is 11.5. The van der Waals surface area contributed by atoms with Gasteiger partial charge >= 0.3 is 0 Å². The lowest BCUT2D eigenvalue weighted by Gasteiger charge is -2.29. The van der Waals surface area contributed by atoms with Crippen LogP contribution in [0.15, 0.2) is 42.5 Å². The van der Waals surface area contributed by atoms with Gasteiger partial charge in [0.15, 0.2) is 6.29 Å². The van der Waals surface area contributed by atoms with Gasteiger partial charge in [0, 0.05) is 18.6 Å². The van der Waals surface area contributed by atoms with E-state index in [0.717, 1.165) is 34.6 Å². The summed E-state index contributed by atoms with van der Waals surface area (Å²) in [6.07, 6.45) is 20.6. The molecule has 0 spiro atoms. The minimum atomic E-state index is 0. The maximum Gasteiger partial charge on any atom is 0.151 e. The fraction of sp³-hybridized carbons (Fsp3) is 0.464. The average molecular weight is 403 g/mol. The van der Waals surface area contributed by atoms with Crippen molar-refractivity contribution in [1.82, 2.24) is 4.90 Å². The first-order valence-corrected chi connectivity index (χ1v) is 11.5. The maximum atomic E-state index is 11.0. The molecule has 1 aliphatic carbocycles. The van der Waals surface area contributed by atoms with Gasteiger partial charge in [-0.3, -0.25) is 4.79 Å². The number of rotatable bonds is 2. The van der Waals surface area contributed by atoms with Crippen LogP contribution >= 0.6 is 0 Å². The molecule has 2 aromatic rings. The third kappa shape index (κ3) is 5.83. The first kappa shape index (κ1) is 22.3. The molecule has 2 heteroatoms. The number of allylic oxidation sites excluding steroid dienone is 2. The van der Waals surface area contributed by atoms with E-state index in [2.05, 4.69) is 29.9 Å². The maximum absolute atomic E-state index is 11.0. The topological polar surface area (TPSA) is 20.3 Å². The zero-order chi connectivity index (χ0) is 21.3. The molecule has 0 saturated carbocycles. The van der Waals surface area contributed by atoms with Crippen LogP contribution < -0.4 is 0 Å². The van der Waals surface area contributed by atoms with Gasteiger partial charge in [-0.2, -0.15) is 0 Å². The molecule has 0 aromatic heterocycles. The molecule has 1 heterocycles. The zero-order valence-corrected chi connectivity index (χ0v) is 18.6. The van der Waals surface area contributed by atoms with Crippen LogP contribution in [0.5, 0.6) is 0 Å². The highest BCUT2D eigenvalue weighted by Gasteiger charge is 2.21. The van der Waals surface area contributed by atoms with Gasteiger partial charge in [-0.1, -0.05) is 54.8 Å². The molecule has 1 aliphatic heterocycles. The highest BCUT2D eigenvalue weighted by molar-refractivity contribution is 6.00. The predicted molar refractivity (Wildman–Crippen MR) is 129 cm³/mol. The smallest absolute Gasteiger partial charge is 0.151 e. The highest BCUT2D eigenvalue weighted by Crippen LogP contribution is 2.24. The second-order valence-electron chi connectivity index (χ2n) is 8.87. The van der Waals surface area contributed by atoms with Gasteiger partial charge in [-0.15, -0.1) is 6.42 Å². The molecule has 2 aliphatic rings. The van der Waals surface area contributed by atoms with Crippen molar-refractivity contribution < 1.29 is 6.22 Å². The summed E-state index contributed by atoms with van der Waals surface area (Å²) >= 11 is 0. The lowest BCUT2D eigenvalue weighted by atomic mass is 9.99. The van der Waals surface area contributed by atoms with Gasteiger partial charge in [0.1, 0.15) is 0 Å². The molecule has 1 radical (unpaired) electrons. The minimum absolute atomic E-state index is 0. The quantitative estimate of drug-likeness (QED) is 0.318. The largest absolute Gasteiger partial charge is 0.300 e. The molecule has 0 N–H and O–H groups in total. The highest BCUT2D eigenvalue weighted by atomic mass is 16.1. The van der Waals surface area contributed by atoms with E-state index >= 15 is 0 Å². The van der Waals surface area contributed by atoms with E-state index in [0.29, 0.717) is 11.1 Å². The van der Waals surface area contributed by atoms with Crippen LogP contribution in [0, 0.1) is 25.2 Å². The second-order valence-corrected chi connectivity index (χ2v) is 8.87. The molecule has 0 amide bonds. The molecule has 1 unspecified atom stereocenters. The Morgan fingerprint density at radius 2 is 1.80 bits per heavy atom. The number of aryl methyl sites for hydroxylation is 1. The van der Waals surface area contributed by atoms with Crippen LogP contribution in [0.1, 0.15) is 74.8 Å². The molecular weight excluding hydrogens is 366 g/mol. The molecule has 0 bridgehead atoms. The van der Waals surface area contributed by atoms with Crippen molar-refractivity contribution in [1.29, 1.82) is 0 Å². The standard InChI is InChI=1S/C14H25N.C14H10O.H/c1-13-7-6-11-15(12-10-13)14-8-4-2-3-5-9-14;1-3-11-6-7-12-5-4-10(2)8-13(12)14(11)9-15;/h2-3,13-14H,4-12H2,1H3;1,4-9H,2H3;. The monoisotopic (exact) mass is 402 g/mol. The van der Waals surface area contributed by atoms with Gasteiger partial charge < -0.3 is 4.90 Å². The van der Waals surface area contributed by atoms with Gasteiger partial charge in [0.25, 0.3) is 0 Å². The fourth-order valence-electron chi connectivity index (χ4n) is 4.68. The number of benzene rings is 2. The number of nitrogens with zero attached hydrogens (tertiary/aromatic N) is 1. The summed E-state index contributed by atoms with van der Waals surface area (Å²) < 4.78 is 0. The van der Waals surface area contributed by atoms with Gasteiger partial charge in [-0.05, 0) is 87.7 Å². The molecule has 1 saturated heterocycles. The number of hydrogen-bond donors (Lipinski definition) is 0. The Hall–Kier alpha value is -2.37. The summed E-state index contributed by atoms with van der Waals surface area (Å²) in [7, 11) is 0. The van der Waals surface area contributed by atoms with Crippen molar-refractivity contribution in [3.8, 4) is 12.3 Å². The van der Waals surface area contributed by atoms with E-state index in [9.17, 15) is 4.79 Å². The van der Waals surface area contributed by atoms with Crippen molar-refractivity contribution in [2.24, 2.45) is 5.92 Å². The third-order valence-corrected chi connectivity index (χ3v) is 6.56. The summed E-state index contributed by atoms with van der Waals surface area (Å²) in [5.41, 5.74) is 2.39. The first-order chi connectivity index (χ1) is 14.6. The lowest BCUT2D eigenvalue weighted by Crippen LogP contribution is -2.35. The Balaban J connectivity index is 0.000000213. The number of aldehydes is 1. The molecule has 159 valence electrons. The SMILES string of the molecule is C#Cc1ccc2ccc(C)cc2c1C=O.CC1CCCN(C2CCC=CCC2)CC1.[H]. The van der Waals surface area contributed by atoms with Gasteiger partial charge in [0.05, 0.1) is 0 Å². The van der Waals surface area contributed by atoms with Crippen molar-refractivity contribution in [2.45, 2.75) is 64.8 Å². The number of likely N-dealkylation sites (tertiary alicyclic amines) is 1. The summed E-state index contributed by atoms with van der Waals surface area (Å²) in [5.74, 6) is 3.48. The van der Waals surface area contributed by atoms with Gasteiger partial charge in [-0.25, -0.2) is 0 Å². The van der Waals surface area contributed by atoms with E-state index in [1.807, 2.05) is 31.2 Å². The molecule has 2 nitrogen and oxygen atoms in total. The number of hydrogen-bond acceptors (Lipinski definition) is 2. The summed E-state index contributed by atoms with van der Waals surface area (Å²) in [6.45, 7) is 7.12. The Bertz CT molecular complexity index is 916. The van der Waals surface area contributed by atoms with E-state index in [1.54, 1.807) is 6.07 Å². The number of carbonyl (C=O) groups is 1. The molecule has 4 rings (SSSR count). The Kier molecular flexibility index (Phi) is 8.29. The lowest BCUT2D eigenvalue weighted by molar-refractivity contribution is 0.112. The fourth-order valence-corrected chi connectivity index (χ4v) is 4.68. The second kappa shape index (κ2) is 11.1. The van der Waals surface area contributed by atoms with E-state index in [-0.39, 0.29) is 1.43 Å². The average Bonchev–Trinajstić information content (AvgIpc) is 3.16. The van der Waals surface area contributed by atoms with Crippen molar-refractivity contribution in [3.63, 3.8) is 0 Å². The Labute approximate surface area is 183 Å². The van der Waals surface area contributed by atoms with Crippen molar-refractivity contribution >= 4 is 17.1 Å². The normalized spacial score (nSPS) is 20.5. The van der Waals surface area contributed by atoms with Crippen LogP contribution in [0.25, 0.3) is 10.8 Å². The van der Waals surface area contributed by atoms with Crippen molar-refractivity contribution in [2.75, 3.05) is 13.1 Å². The summed E-state index contributed by atoms with van der Waals surface area (Å²) in [5, 5.41) is 1.97. The summed E-state index contributed by atoms with van der Waals surface area (Å²) in [6, 6.07) is 10.6. The molecule has 1 atom stereocenters. The zero-order valence-electron chi connectivity index (χ0n) is 19.6. The number of fused-ring (bicyclic) bond motifs is 1. The van der Waals surface area contributed by atoms with Crippen LogP contribution in [0.3, 0.4) is 0 Å². The van der Waals surface area contributed by atoms with E-state index < -0.39 is 0 Å². The number of carbonyl (C=O) groups excluding carboxylic acids is 1. The summed E-state index contributed by atoms with van der Waals surface area (Å²) in [4.78, 5) is 13.8. The molecular formula is C28H36NO. The van der Waals surface area contributed by atoms with Crippen LogP contribution in [0.4, 0.5) is 0 Å². The predicted octanol–water partition coefficient (Wildman–Crippen LogP) is 6.66. The minimum Gasteiger partial charge on any atom is -0.300 e. The molecule has 30 heavy (non-hydrogen) atoms. The third-order valence-electron chi connectivity index (χ3n) is 6.56. The van der Waals surface area contributed by atoms with Crippen molar-refractivity contribution in [3.05, 3.63) is 59.2 Å². The Morgan fingerprint density at radius 3 is 2.50 bits per heavy atom. The van der Waals surface area contributed by atoms with Gasteiger partial charge in [0.2, 0.25) is 0 Å². The van der Waals surface area contributed by atoms with Crippen LogP contribution in [-0.2, 0) is 0 Å². The Morgan fingerprint density at radius 1 is 1.07 bits per heavy atom.